The number of rotatable bonds is 5. The second kappa shape index (κ2) is 7.56. The highest BCUT2D eigenvalue weighted by Crippen LogP contribution is 2.28. The fraction of sp³-hybridized carbons (Fsp3) is 0.0556. The van der Waals surface area contributed by atoms with Gasteiger partial charge in [-0.3, -0.25) is 24.6 Å². The Labute approximate surface area is 170 Å². The lowest BCUT2D eigenvalue weighted by atomic mass is 10.2. The van der Waals surface area contributed by atoms with E-state index in [1.807, 2.05) is 24.3 Å². The third-order valence-corrected chi connectivity index (χ3v) is 5.71. The van der Waals surface area contributed by atoms with Gasteiger partial charge in [-0.25, -0.2) is 4.98 Å². The van der Waals surface area contributed by atoms with Gasteiger partial charge in [-0.2, -0.15) is 5.10 Å². The van der Waals surface area contributed by atoms with E-state index in [2.05, 4.69) is 31.1 Å². The van der Waals surface area contributed by atoms with Gasteiger partial charge in [-0.1, -0.05) is 36.0 Å². The minimum Gasteiger partial charge on any atom is -0.268 e. The van der Waals surface area contributed by atoms with Crippen LogP contribution in [-0.2, 0) is 5.75 Å². The van der Waals surface area contributed by atoms with E-state index in [0.717, 1.165) is 10.0 Å². The molecular formula is C18H12BrN5O3S. The van der Waals surface area contributed by atoms with Gasteiger partial charge in [0.25, 0.3) is 11.2 Å². The number of nitro groups is 1. The van der Waals surface area contributed by atoms with Crippen LogP contribution in [0.5, 0.6) is 0 Å². The summed E-state index contributed by atoms with van der Waals surface area (Å²) >= 11 is 4.80. The first-order valence-electron chi connectivity index (χ1n) is 8.12. The highest BCUT2D eigenvalue weighted by Gasteiger charge is 2.17. The maximum Gasteiger partial charge on any atom is 0.269 e. The molecule has 2 aromatic carbocycles. The molecule has 0 saturated carbocycles. The van der Waals surface area contributed by atoms with E-state index < -0.39 is 4.92 Å². The van der Waals surface area contributed by atoms with Crippen molar-refractivity contribution in [1.82, 2.24) is 19.7 Å². The first kappa shape index (κ1) is 18.4. The number of hydrogen-bond acceptors (Lipinski definition) is 6. The van der Waals surface area contributed by atoms with Crippen molar-refractivity contribution in [3.05, 3.63) is 85.2 Å². The number of halogens is 1. The fourth-order valence-electron chi connectivity index (χ4n) is 2.72. The molecule has 0 aliphatic rings. The topological polar surface area (TPSA) is 107 Å². The summed E-state index contributed by atoms with van der Waals surface area (Å²) in [6.07, 6.45) is 1.45. The maximum atomic E-state index is 13.1. The molecule has 0 amide bonds. The normalized spacial score (nSPS) is 11.0. The minimum atomic E-state index is -0.430. The van der Waals surface area contributed by atoms with E-state index in [9.17, 15) is 14.9 Å². The smallest absolute Gasteiger partial charge is 0.268 e. The fourth-order valence-corrected chi connectivity index (χ4v) is 4.13. The molecule has 0 saturated heterocycles. The van der Waals surface area contributed by atoms with Gasteiger partial charge < -0.3 is 0 Å². The number of aromatic nitrogens is 4. The van der Waals surface area contributed by atoms with Crippen molar-refractivity contribution >= 4 is 44.4 Å². The Morgan fingerprint density at radius 3 is 2.82 bits per heavy atom. The quantitative estimate of drug-likeness (QED) is 0.209. The Bertz CT molecular complexity index is 1250. The molecule has 0 unspecified atom stereocenters. The van der Waals surface area contributed by atoms with Crippen molar-refractivity contribution in [2.24, 2.45) is 0 Å². The van der Waals surface area contributed by atoms with Crippen LogP contribution >= 0.6 is 27.7 Å². The number of benzene rings is 2. The van der Waals surface area contributed by atoms with E-state index in [0.29, 0.717) is 27.6 Å². The number of para-hydroxylation sites is 1. The maximum absolute atomic E-state index is 13.1. The van der Waals surface area contributed by atoms with Gasteiger partial charge in [0, 0.05) is 22.4 Å². The first-order valence-corrected chi connectivity index (χ1v) is 9.89. The molecule has 140 valence electrons. The molecule has 0 radical (unpaired) electrons. The van der Waals surface area contributed by atoms with Crippen LogP contribution < -0.4 is 5.56 Å². The van der Waals surface area contributed by atoms with Gasteiger partial charge in [-0.05, 0) is 33.6 Å². The largest absolute Gasteiger partial charge is 0.269 e. The van der Waals surface area contributed by atoms with Gasteiger partial charge in [0.15, 0.2) is 10.8 Å². The zero-order valence-electron chi connectivity index (χ0n) is 14.2. The molecule has 4 aromatic rings. The molecule has 0 aliphatic heterocycles. The number of H-pyrrole nitrogens is 1. The monoisotopic (exact) mass is 457 g/mol. The van der Waals surface area contributed by atoms with Crippen LogP contribution in [-0.4, -0.2) is 24.7 Å². The predicted molar refractivity (Wildman–Crippen MR) is 110 cm³/mol. The summed E-state index contributed by atoms with van der Waals surface area (Å²) < 4.78 is 2.27. The predicted octanol–water partition coefficient (Wildman–Crippen LogP) is 4.07. The average Bonchev–Trinajstić information content (AvgIpc) is 3.16. The third kappa shape index (κ3) is 3.43. The lowest BCUT2D eigenvalue weighted by Crippen LogP contribution is -2.21. The summed E-state index contributed by atoms with van der Waals surface area (Å²) in [5, 5.41) is 18.5. The Morgan fingerprint density at radius 1 is 1.21 bits per heavy atom. The summed E-state index contributed by atoms with van der Waals surface area (Å²) in [4.78, 5) is 28.2. The standard InChI is InChI=1S/C18H12BrN5O3S/c19-14-6-1-2-7-15(14)23-17(25)13-9-20-22-16(13)21-18(23)28-10-11-4-3-5-12(8-11)24(26)27/h1-9H,10H2,(H,20,22). The number of hydrogen-bond donors (Lipinski definition) is 1. The molecule has 8 nitrogen and oxygen atoms in total. The molecule has 2 aromatic heterocycles. The Kier molecular flexibility index (Phi) is 4.97. The van der Waals surface area contributed by atoms with Crippen molar-refractivity contribution in [2.45, 2.75) is 10.9 Å². The van der Waals surface area contributed by atoms with E-state index in [-0.39, 0.29) is 11.2 Å². The van der Waals surface area contributed by atoms with Crippen molar-refractivity contribution in [2.75, 3.05) is 0 Å². The summed E-state index contributed by atoms with van der Waals surface area (Å²) in [6, 6.07) is 13.8. The van der Waals surface area contributed by atoms with Gasteiger partial charge in [-0.15, -0.1) is 0 Å². The van der Waals surface area contributed by atoms with Crippen LogP contribution in [0.4, 0.5) is 5.69 Å². The number of nitrogens with one attached hydrogen (secondary N) is 1. The summed E-state index contributed by atoms with van der Waals surface area (Å²) in [5.74, 6) is 0.415. The molecular weight excluding hydrogens is 446 g/mol. The summed E-state index contributed by atoms with van der Waals surface area (Å²) in [6.45, 7) is 0. The van der Waals surface area contributed by atoms with Crippen LogP contribution in [0, 0.1) is 10.1 Å². The van der Waals surface area contributed by atoms with E-state index in [1.165, 1.54) is 34.7 Å². The second-order valence-corrected chi connectivity index (χ2v) is 7.63. The van der Waals surface area contributed by atoms with Crippen molar-refractivity contribution < 1.29 is 4.92 Å². The molecule has 1 N–H and O–H groups in total. The van der Waals surface area contributed by atoms with Gasteiger partial charge in [0.05, 0.1) is 16.8 Å². The molecule has 0 atom stereocenters. The molecule has 10 heteroatoms. The third-order valence-electron chi connectivity index (χ3n) is 4.03. The van der Waals surface area contributed by atoms with Crippen molar-refractivity contribution in [3.63, 3.8) is 0 Å². The molecule has 0 fully saturated rings. The Morgan fingerprint density at radius 2 is 2.04 bits per heavy atom. The zero-order valence-corrected chi connectivity index (χ0v) is 16.6. The van der Waals surface area contributed by atoms with E-state index >= 15 is 0 Å². The van der Waals surface area contributed by atoms with E-state index in [1.54, 1.807) is 12.1 Å². The molecule has 2 heterocycles. The number of non-ortho nitro benzene ring substituents is 1. The molecule has 4 rings (SSSR count). The van der Waals surface area contributed by atoms with Crippen LogP contribution in [0.15, 0.2) is 69.2 Å². The molecule has 0 aliphatic carbocycles. The highest BCUT2D eigenvalue weighted by atomic mass is 79.9. The highest BCUT2D eigenvalue weighted by molar-refractivity contribution is 9.10. The summed E-state index contributed by atoms with van der Waals surface area (Å²) in [7, 11) is 0. The summed E-state index contributed by atoms with van der Waals surface area (Å²) in [5.41, 5.74) is 1.60. The van der Waals surface area contributed by atoms with Crippen LogP contribution in [0.25, 0.3) is 16.7 Å². The van der Waals surface area contributed by atoms with Gasteiger partial charge in [0.2, 0.25) is 0 Å². The molecule has 0 spiro atoms. The number of nitrogens with zero attached hydrogens (tertiary/aromatic N) is 4. The number of nitro benzene ring substituents is 1. The second-order valence-electron chi connectivity index (χ2n) is 5.83. The average molecular weight is 458 g/mol. The molecule has 0 bridgehead atoms. The van der Waals surface area contributed by atoms with Crippen molar-refractivity contribution in [1.29, 1.82) is 0 Å². The Balaban J connectivity index is 1.79. The van der Waals surface area contributed by atoms with E-state index in [4.69, 9.17) is 0 Å². The van der Waals surface area contributed by atoms with Crippen LogP contribution in [0.3, 0.4) is 0 Å². The van der Waals surface area contributed by atoms with Crippen molar-refractivity contribution in [3.8, 4) is 5.69 Å². The lowest BCUT2D eigenvalue weighted by Gasteiger charge is -2.13. The van der Waals surface area contributed by atoms with Gasteiger partial charge >= 0.3 is 0 Å². The molecule has 28 heavy (non-hydrogen) atoms. The van der Waals surface area contributed by atoms with Crippen LogP contribution in [0.1, 0.15) is 5.56 Å². The number of fused-ring (bicyclic) bond motifs is 1. The SMILES string of the molecule is O=c1c2cn[nH]c2nc(SCc2cccc([N+](=O)[O-])c2)n1-c1ccccc1Br. The minimum absolute atomic E-state index is 0.0262. The lowest BCUT2D eigenvalue weighted by molar-refractivity contribution is -0.384. The Hall–Kier alpha value is -2.98. The van der Waals surface area contributed by atoms with Gasteiger partial charge in [0.1, 0.15) is 5.39 Å². The first-order chi connectivity index (χ1) is 13.5. The number of thioether (sulfide) groups is 1. The number of aromatic amines is 1. The zero-order chi connectivity index (χ0) is 19.7. The van der Waals surface area contributed by atoms with Crippen LogP contribution in [0.2, 0.25) is 0 Å².